The highest BCUT2D eigenvalue weighted by Gasteiger charge is 2.26. The van der Waals surface area contributed by atoms with Gasteiger partial charge in [-0.2, -0.15) is 0 Å². The van der Waals surface area contributed by atoms with E-state index in [1.54, 1.807) is 4.90 Å². The van der Waals surface area contributed by atoms with Crippen LogP contribution in [0.15, 0.2) is 0 Å². The van der Waals surface area contributed by atoms with Crippen molar-refractivity contribution in [3.05, 3.63) is 0 Å². The van der Waals surface area contributed by atoms with E-state index in [0.29, 0.717) is 6.42 Å². The summed E-state index contributed by atoms with van der Waals surface area (Å²) in [7, 11) is 0. The van der Waals surface area contributed by atoms with Gasteiger partial charge in [0.1, 0.15) is 0 Å². The fourth-order valence-electron chi connectivity index (χ4n) is 2.21. The number of carboxylic acid groups (broad SMARTS) is 1. The third-order valence-corrected chi connectivity index (χ3v) is 3.30. The zero-order chi connectivity index (χ0) is 12.8. The van der Waals surface area contributed by atoms with Crippen LogP contribution in [0.1, 0.15) is 39.5 Å². The van der Waals surface area contributed by atoms with Gasteiger partial charge in [0, 0.05) is 19.1 Å². The van der Waals surface area contributed by atoms with Crippen LogP contribution in [0, 0.1) is 5.92 Å². The fraction of sp³-hybridized carbons (Fsp3) is 0.833. The topological polar surface area (TPSA) is 69.6 Å². The number of amides is 2. The second-order valence-electron chi connectivity index (χ2n) is 4.69. The van der Waals surface area contributed by atoms with Gasteiger partial charge in [-0.05, 0) is 26.2 Å². The molecule has 0 aromatic heterocycles. The lowest BCUT2D eigenvalue weighted by atomic mass is 10.0. The van der Waals surface area contributed by atoms with Gasteiger partial charge in [-0.25, -0.2) is 4.79 Å². The monoisotopic (exact) mass is 242 g/mol. The zero-order valence-electron chi connectivity index (χ0n) is 10.6. The van der Waals surface area contributed by atoms with E-state index in [1.807, 2.05) is 13.8 Å². The minimum atomic E-state index is -0.832. The molecule has 0 spiro atoms. The summed E-state index contributed by atoms with van der Waals surface area (Å²) in [6.45, 7) is 4.97. The standard InChI is InChI=1S/C12H22N2O3/c1-3-5-10(11(15)16)8-13-12(17)14-7-4-6-9(14)2/h9-10H,3-8H2,1-2H3,(H,13,17)(H,15,16). The van der Waals surface area contributed by atoms with Gasteiger partial charge in [0.2, 0.25) is 0 Å². The molecule has 0 aromatic rings. The molecule has 2 unspecified atom stereocenters. The number of nitrogens with one attached hydrogen (secondary N) is 1. The molecular weight excluding hydrogens is 220 g/mol. The Morgan fingerprint density at radius 3 is 2.71 bits per heavy atom. The normalized spacial score (nSPS) is 21.3. The second-order valence-corrected chi connectivity index (χ2v) is 4.69. The molecule has 1 rings (SSSR count). The van der Waals surface area contributed by atoms with E-state index in [-0.39, 0.29) is 18.6 Å². The minimum absolute atomic E-state index is 0.127. The molecule has 5 nitrogen and oxygen atoms in total. The average Bonchev–Trinajstić information content (AvgIpc) is 2.69. The van der Waals surface area contributed by atoms with E-state index in [0.717, 1.165) is 25.8 Å². The van der Waals surface area contributed by atoms with Crippen molar-refractivity contribution >= 4 is 12.0 Å². The molecule has 1 saturated heterocycles. The summed E-state index contributed by atoms with van der Waals surface area (Å²) in [4.78, 5) is 24.5. The molecule has 0 aromatic carbocycles. The number of carbonyl (C=O) groups excluding carboxylic acids is 1. The van der Waals surface area contributed by atoms with Crippen LogP contribution in [0.4, 0.5) is 4.79 Å². The van der Waals surface area contributed by atoms with Crippen LogP contribution in [0.2, 0.25) is 0 Å². The van der Waals surface area contributed by atoms with Gasteiger partial charge in [-0.1, -0.05) is 13.3 Å². The Bertz CT molecular complexity index is 281. The second kappa shape index (κ2) is 6.47. The van der Waals surface area contributed by atoms with Gasteiger partial charge in [0.05, 0.1) is 5.92 Å². The number of likely N-dealkylation sites (tertiary alicyclic amines) is 1. The quantitative estimate of drug-likeness (QED) is 0.770. The summed E-state index contributed by atoms with van der Waals surface area (Å²) in [5, 5.41) is 11.7. The first-order chi connectivity index (χ1) is 8.06. The Labute approximate surface area is 102 Å². The van der Waals surface area contributed by atoms with Crippen LogP contribution >= 0.6 is 0 Å². The van der Waals surface area contributed by atoms with E-state index in [9.17, 15) is 9.59 Å². The highest BCUT2D eigenvalue weighted by atomic mass is 16.4. The molecular formula is C12H22N2O3. The number of rotatable bonds is 5. The Morgan fingerprint density at radius 2 is 2.24 bits per heavy atom. The summed E-state index contributed by atoms with van der Waals surface area (Å²) in [6.07, 6.45) is 3.48. The van der Waals surface area contributed by atoms with Crippen molar-refractivity contribution in [2.45, 2.75) is 45.6 Å². The Morgan fingerprint density at radius 1 is 1.53 bits per heavy atom. The van der Waals surface area contributed by atoms with Gasteiger partial charge in [-0.15, -0.1) is 0 Å². The molecule has 0 saturated carbocycles. The smallest absolute Gasteiger partial charge is 0.317 e. The third-order valence-electron chi connectivity index (χ3n) is 3.30. The summed E-state index contributed by atoms with van der Waals surface area (Å²) in [6, 6.07) is 0.141. The van der Waals surface area contributed by atoms with Gasteiger partial charge < -0.3 is 15.3 Å². The molecule has 2 N–H and O–H groups in total. The van der Waals surface area contributed by atoms with Crippen molar-refractivity contribution in [2.24, 2.45) is 5.92 Å². The highest BCUT2D eigenvalue weighted by molar-refractivity contribution is 5.76. The van der Waals surface area contributed by atoms with Crippen LogP contribution in [0.5, 0.6) is 0 Å². The van der Waals surface area contributed by atoms with E-state index in [4.69, 9.17) is 5.11 Å². The van der Waals surface area contributed by atoms with Crippen LogP contribution in [0.3, 0.4) is 0 Å². The van der Waals surface area contributed by atoms with E-state index >= 15 is 0 Å². The zero-order valence-corrected chi connectivity index (χ0v) is 10.6. The first-order valence-corrected chi connectivity index (χ1v) is 6.33. The van der Waals surface area contributed by atoms with Gasteiger partial charge in [0.15, 0.2) is 0 Å². The van der Waals surface area contributed by atoms with Crippen LogP contribution in [0.25, 0.3) is 0 Å². The number of carboxylic acids is 1. The molecule has 98 valence electrons. The number of urea groups is 1. The predicted molar refractivity (Wildman–Crippen MR) is 64.8 cm³/mol. The molecule has 0 bridgehead atoms. The van der Waals surface area contributed by atoms with Crippen LogP contribution in [-0.2, 0) is 4.79 Å². The van der Waals surface area contributed by atoms with Gasteiger partial charge in [-0.3, -0.25) is 4.79 Å². The summed E-state index contributed by atoms with van der Waals surface area (Å²) in [5.41, 5.74) is 0. The molecule has 1 fully saturated rings. The predicted octanol–water partition coefficient (Wildman–Crippen LogP) is 1.68. The third kappa shape index (κ3) is 3.91. The SMILES string of the molecule is CCCC(CNC(=O)N1CCCC1C)C(=O)O. The van der Waals surface area contributed by atoms with Crippen molar-refractivity contribution in [1.82, 2.24) is 10.2 Å². The molecule has 1 aliphatic rings. The van der Waals surface area contributed by atoms with E-state index in [2.05, 4.69) is 5.32 Å². The number of hydrogen-bond acceptors (Lipinski definition) is 2. The maximum absolute atomic E-state index is 11.8. The molecule has 1 heterocycles. The minimum Gasteiger partial charge on any atom is -0.481 e. The maximum atomic E-state index is 11.8. The Hall–Kier alpha value is -1.26. The Balaban J connectivity index is 2.38. The first kappa shape index (κ1) is 13.8. The van der Waals surface area contributed by atoms with Crippen molar-refractivity contribution in [1.29, 1.82) is 0 Å². The number of nitrogens with zero attached hydrogens (tertiary/aromatic N) is 1. The summed E-state index contributed by atoms with van der Waals surface area (Å²) >= 11 is 0. The highest BCUT2D eigenvalue weighted by Crippen LogP contribution is 2.16. The summed E-state index contributed by atoms with van der Waals surface area (Å²) < 4.78 is 0. The van der Waals surface area contributed by atoms with Crippen molar-refractivity contribution in [2.75, 3.05) is 13.1 Å². The number of hydrogen-bond donors (Lipinski definition) is 2. The van der Waals surface area contributed by atoms with Crippen molar-refractivity contribution < 1.29 is 14.7 Å². The number of carbonyl (C=O) groups is 2. The average molecular weight is 242 g/mol. The lowest BCUT2D eigenvalue weighted by molar-refractivity contribution is -0.141. The molecule has 5 heteroatoms. The van der Waals surface area contributed by atoms with Crippen LogP contribution < -0.4 is 5.32 Å². The molecule has 2 amide bonds. The lowest BCUT2D eigenvalue weighted by Gasteiger charge is -2.23. The molecule has 17 heavy (non-hydrogen) atoms. The largest absolute Gasteiger partial charge is 0.481 e. The van der Waals surface area contributed by atoms with Crippen molar-refractivity contribution in [3.8, 4) is 0 Å². The molecule has 1 aliphatic heterocycles. The van der Waals surface area contributed by atoms with Crippen molar-refractivity contribution in [3.63, 3.8) is 0 Å². The molecule has 0 radical (unpaired) electrons. The lowest BCUT2D eigenvalue weighted by Crippen LogP contribution is -2.44. The van der Waals surface area contributed by atoms with E-state index < -0.39 is 11.9 Å². The maximum Gasteiger partial charge on any atom is 0.317 e. The van der Waals surface area contributed by atoms with Crippen LogP contribution in [-0.4, -0.2) is 41.1 Å². The fourth-order valence-corrected chi connectivity index (χ4v) is 2.21. The number of aliphatic carboxylic acids is 1. The van der Waals surface area contributed by atoms with Gasteiger partial charge >= 0.3 is 12.0 Å². The summed E-state index contributed by atoms with van der Waals surface area (Å²) in [5.74, 6) is -1.30. The molecule has 0 aliphatic carbocycles. The van der Waals surface area contributed by atoms with E-state index in [1.165, 1.54) is 0 Å². The Kier molecular flexibility index (Phi) is 5.25. The molecule has 2 atom stereocenters. The van der Waals surface area contributed by atoms with Gasteiger partial charge in [0.25, 0.3) is 0 Å². The first-order valence-electron chi connectivity index (χ1n) is 6.33.